The Morgan fingerprint density at radius 2 is 2.45 bits per heavy atom. The SMILES string of the molecule is CCc1noc(C2CCCCN2C(=O)c2ccsc2)n1. The summed E-state index contributed by atoms with van der Waals surface area (Å²) in [6.45, 7) is 2.74. The van der Waals surface area contributed by atoms with Crippen LogP contribution in [0.1, 0.15) is 54.3 Å². The van der Waals surface area contributed by atoms with Crippen LogP contribution in [0.25, 0.3) is 0 Å². The van der Waals surface area contributed by atoms with Gasteiger partial charge in [0.05, 0.1) is 5.56 Å². The van der Waals surface area contributed by atoms with Crippen LogP contribution in [-0.2, 0) is 6.42 Å². The Morgan fingerprint density at radius 1 is 1.55 bits per heavy atom. The maximum absolute atomic E-state index is 12.6. The first-order valence-electron chi connectivity index (χ1n) is 6.95. The molecule has 1 fully saturated rings. The maximum atomic E-state index is 12.6. The van der Waals surface area contributed by atoms with Crippen molar-refractivity contribution in [2.24, 2.45) is 0 Å². The minimum Gasteiger partial charge on any atom is -0.337 e. The van der Waals surface area contributed by atoms with Crippen LogP contribution in [0.2, 0.25) is 0 Å². The van der Waals surface area contributed by atoms with Gasteiger partial charge < -0.3 is 9.42 Å². The Balaban J connectivity index is 1.85. The lowest BCUT2D eigenvalue weighted by atomic mass is 10.0. The molecule has 106 valence electrons. The zero-order chi connectivity index (χ0) is 13.9. The standard InChI is InChI=1S/C14H17N3O2S/c1-2-12-15-13(19-16-12)11-5-3-4-7-17(11)14(18)10-6-8-20-9-10/h6,8-9,11H,2-5,7H2,1H3. The lowest BCUT2D eigenvalue weighted by Gasteiger charge is -2.33. The minimum absolute atomic E-state index is 0.0622. The molecule has 1 amide bonds. The highest BCUT2D eigenvalue weighted by atomic mass is 32.1. The third-order valence-electron chi connectivity index (χ3n) is 3.62. The van der Waals surface area contributed by atoms with Gasteiger partial charge in [-0.1, -0.05) is 12.1 Å². The topological polar surface area (TPSA) is 59.2 Å². The summed E-state index contributed by atoms with van der Waals surface area (Å²) in [7, 11) is 0. The van der Waals surface area contributed by atoms with E-state index in [0.717, 1.165) is 37.8 Å². The molecule has 0 N–H and O–H groups in total. The lowest BCUT2D eigenvalue weighted by Crippen LogP contribution is -2.38. The van der Waals surface area contributed by atoms with E-state index in [4.69, 9.17) is 4.52 Å². The summed E-state index contributed by atoms with van der Waals surface area (Å²) in [5.41, 5.74) is 0.747. The maximum Gasteiger partial charge on any atom is 0.255 e. The first kappa shape index (κ1) is 13.3. The number of aromatic nitrogens is 2. The van der Waals surface area contributed by atoms with Gasteiger partial charge in [0.2, 0.25) is 5.89 Å². The summed E-state index contributed by atoms with van der Waals surface area (Å²) < 4.78 is 5.34. The van der Waals surface area contributed by atoms with Gasteiger partial charge in [0.1, 0.15) is 6.04 Å². The van der Waals surface area contributed by atoms with Gasteiger partial charge in [-0.25, -0.2) is 0 Å². The predicted octanol–water partition coefficient (Wildman–Crippen LogP) is 3.06. The van der Waals surface area contributed by atoms with Crippen LogP contribution < -0.4 is 0 Å². The minimum atomic E-state index is -0.0797. The zero-order valence-corrected chi connectivity index (χ0v) is 12.2. The highest BCUT2D eigenvalue weighted by Gasteiger charge is 2.32. The number of aryl methyl sites for hydroxylation is 1. The molecule has 2 aromatic heterocycles. The second kappa shape index (κ2) is 5.75. The number of nitrogens with zero attached hydrogens (tertiary/aromatic N) is 3. The van der Waals surface area contributed by atoms with Gasteiger partial charge in [-0.3, -0.25) is 4.79 Å². The molecule has 0 spiro atoms. The molecule has 3 rings (SSSR count). The molecule has 2 aromatic rings. The van der Waals surface area contributed by atoms with Gasteiger partial charge in [0.25, 0.3) is 5.91 Å². The van der Waals surface area contributed by atoms with Crippen molar-refractivity contribution in [1.82, 2.24) is 15.0 Å². The van der Waals surface area contributed by atoms with Crippen molar-refractivity contribution in [3.8, 4) is 0 Å². The number of carbonyl (C=O) groups is 1. The molecule has 3 heterocycles. The molecule has 0 bridgehead atoms. The number of amides is 1. The van der Waals surface area contributed by atoms with E-state index in [-0.39, 0.29) is 11.9 Å². The molecule has 1 aliphatic rings. The van der Waals surface area contributed by atoms with Crippen molar-refractivity contribution in [2.75, 3.05) is 6.54 Å². The Kier molecular flexibility index (Phi) is 3.82. The first-order valence-corrected chi connectivity index (χ1v) is 7.89. The van der Waals surface area contributed by atoms with Crippen LogP contribution >= 0.6 is 11.3 Å². The quantitative estimate of drug-likeness (QED) is 0.872. The summed E-state index contributed by atoms with van der Waals surface area (Å²) in [5.74, 6) is 1.34. The highest BCUT2D eigenvalue weighted by molar-refractivity contribution is 7.08. The highest BCUT2D eigenvalue weighted by Crippen LogP contribution is 2.31. The van der Waals surface area contributed by atoms with Gasteiger partial charge >= 0.3 is 0 Å². The third-order valence-corrected chi connectivity index (χ3v) is 4.30. The van der Waals surface area contributed by atoms with E-state index in [9.17, 15) is 4.79 Å². The molecule has 20 heavy (non-hydrogen) atoms. The van der Waals surface area contributed by atoms with E-state index in [0.29, 0.717) is 11.7 Å². The normalized spacial score (nSPS) is 19.2. The van der Waals surface area contributed by atoms with Gasteiger partial charge in [-0.2, -0.15) is 16.3 Å². The fraction of sp³-hybridized carbons (Fsp3) is 0.500. The van der Waals surface area contributed by atoms with Crippen molar-refractivity contribution in [1.29, 1.82) is 0 Å². The third kappa shape index (κ3) is 2.47. The van der Waals surface area contributed by atoms with Crippen molar-refractivity contribution < 1.29 is 9.32 Å². The molecule has 0 aliphatic carbocycles. The number of carbonyl (C=O) groups excluding carboxylic acids is 1. The number of hydrogen-bond acceptors (Lipinski definition) is 5. The Labute approximate surface area is 121 Å². The van der Waals surface area contributed by atoms with Crippen LogP contribution in [0.15, 0.2) is 21.3 Å². The Morgan fingerprint density at radius 3 is 3.15 bits per heavy atom. The van der Waals surface area contributed by atoms with E-state index in [1.165, 1.54) is 11.3 Å². The van der Waals surface area contributed by atoms with E-state index in [1.54, 1.807) is 0 Å². The molecule has 5 nitrogen and oxygen atoms in total. The molecular weight excluding hydrogens is 274 g/mol. The van der Waals surface area contributed by atoms with Crippen molar-refractivity contribution >= 4 is 17.2 Å². The first-order chi connectivity index (χ1) is 9.79. The van der Waals surface area contributed by atoms with Crippen LogP contribution in [0.5, 0.6) is 0 Å². The summed E-state index contributed by atoms with van der Waals surface area (Å²) in [6, 6.07) is 1.79. The summed E-state index contributed by atoms with van der Waals surface area (Å²) in [6.07, 6.45) is 3.75. The van der Waals surface area contributed by atoms with Crippen LogP contribution in [0, 0.1) is 0 Å². The van der Waals surface area contributed by atoms with E-state index < -0.39 is 0 Å². The number of likely N-dealkylation sites (tertiary alicyclic amines) is 1. The second-order valence-electron chi connectivity index (χ2n) is 4.92. The second-order valence-corrected chi connectivity index (χ2v) is 5.70. The molecule has 1 unspecified atom stereocenters. The number of hydrogen-bond donors (Lipinski definition) is 0. The van der Waals surface area contributed by atoms with E-state index >= 15 is 0 Å². The van der Waals surface area contributed by atoms with Gasteiger partial charge in [0.15, 0.2) is 5.82 Å². The molecule has 1 atom stereocenters. The average molecular weight is 291 g/mol. The molecule has 0 radical (unpaired) electrons. The van der Waals surface area contributed by atoms with Crippen LogP contribution in [0.3, 0.4) is 0 Å². The predicted molar refractivity (Wildman–Crippen MR) is 75.6 cm³/mol. The smallest absolute Gasteiger partial charge is 0.255 e. The van der Waals surface area contributed by atoms with Crippen molar-refractivity contribution in [3.05, 3.63) is 34.1 Å². The number of rotatable bonds is 3. The molecule has 0 saturated carbocycles. The molecule has 6 heteroatoms. The van der Waals surface area contributed by atoms with Gasteiger partial charge in [-0.15, -0.1) is 0 Å². The monoisotopic (exact) mass is 291 g/mol. The van der Waals surface area contributed by atoms with Crippen LogP contribution in [-0.4, -0.2) is 27.5 Å². The van der Waals surface area contributed by atoms with Gasteiger partial charge in [-0.05, 0) is 30.7 Å². The zero-order valence-electron chi connectivity index (χ0n) is 11.4. The van der Waals surface area contributed by atoms with Crippen LogP contribution in [0.4, 0.5) is 0 Å². The van der Waals surface area contributed by atoms with Gasteiger partial charge in [0, 0.05) is 18.3 Å². The number of thiophene rings is 1. The largest absolute Gasteiger partial charge is 0.337 e. The summed E-state index contributed by atoms with van der Waals surface area (Å²) >= 11 is 1.54. The summed E-state index contributed by atoms with van der Waals surface area (Å²) in [4.78, 5) is 18.8. The molecular formula is C14H17N3O2S. The fourth-order valence-corrected chi connectivity index (χ4v) is 3.16. The number of piperidine rings is 1. The lowest BCUT2D eigenvalue weighted by molar-refractivity contribution is 0.0562. The Hall–Kier alpha value is -1.69. The average Bonchev–Trinajstić information content (AvgIpc) is 3.17. The molecule has 1 aliphatic heterocycles. The van der Waals surface area contributed by atoms with Crippen molar-refractivity contribution in [3.63, 3.8) is 0 Å². The Bertz CT molecular complexity index is 579. The molecule has 1 saturated heterocycles. The van der Waals surface area contributed by atoms with Crippen molar-refractivity contribution in [2.45, 2.75) is 38.6 Å². The van der Waals surface area contributed by atoms with E-state index in [2.05, 4.69) is 10.1 Å². The fourth-order valence-electron chi connectivity index (χ4n) is 2.53. The molecule has 0 aromatic carbocycles. The summed E-state index contributed by atoms with van der Waals surface area (Å²) in [5, 5.41) is 7.76. The van der Waals surface area contributed by atoms with E-state index in [1.807, 2.05) is 28.7 Å².